The van der Waals surface area contributed by atoms with Gasteiger partial charge in [-0.2, -0.15) is 0 Å². The molecule has 1 fully saturated rings. The molecular formula is C14H18FNO2. The molecule has 1 aliphatic heterocycles. The lowest BCUT2D eigenvalue weighted by Gasteiger charge is -2.36. The van der Waals surface area contributed by atoms with E-state index in [0.717, 1.165) is 5.56 Å². The molecule has 1 N–H and O–H groups in total. The Hall–Kier alpha value is -1.42. The summed E-state index contributed by atoms with van der Waals surface area (Å²) in [6.45, 7) is -0.164. The lowest BCUT2D eigenvalue weighted by Crippen LogP contribution is -2.43. The van der Waals surface area contributed by atoms with E-state index < -0.39 is 12.5 Å². The van der Waals surface area contributed by atoms with Crippen LogP contribution in [0.25, 0.3) is 0 Å². The van der Waals surface area contributed by atoms with Crippen LogP contribution in [0.4, 0.5) is 4.39 Å². The summed E-state index contributed by atoms with van der Waals surface area (Å²) in [6.07, 6.45) is 0.983. The van der Waals surface area contributed by atoms with E-state index in [4.69, 9.17) is 2.74 Å². The number of carbonyl (C=O) groups excluding carboxylic acids is 1. The predicted molar refractivity (Wildman–Crippen MR) is 66.3 cm³/mol. The van der Waals surface area contributed by atoms with Crippen LogP contribution in [0.3, 0.4) is 0 Å². The van der Waals surface area contributed by atoms with Crippen LogP contribution in [0.15, 0.2) is 24.3 Å². The van der Waals surface area contributed by atoms with Crippen molar-refractivity contribution in [2.45, 2.75) is 25.8 Å². The van der Waals surface area contributed by atoms with Crippen LogP contribution in [0, 0.1) is 11.7 Å². The highest BCUT2D eigenvalue weighted by Gasteiger charge is 2.31. The Morgan fingerprint density at radius 1 is 1.56 bits per heavy atom. The van der Waals surface area contributed by atoms with Gasteiger partial charge in [-0.1, -0.05) is 12.1 Å². The second kappa shape index (κ2) is 5.48. The smallest absolute Gasteiger partial charge is 0.228 e. The second-order valence-electron chi connectivity index (χ2n) is 4.58. The largest absolute Gasteiger partial charge is 0.396 e. The number of aliphatic hydroxyl groups is 1. The fourth-order valence-corrected chi connectivity index (χ4v) is 2.33. The van der Waals surface area contributed by atoms with Crippen LogP contribution in [-0.2, 0) is 4.79 Å². The van der Waals surface area contributed by atoms with Crippen LogP contribution in [0.2, 0.25) is 0 Å². The van der Waals surface area contributed by atoms with Crippen molar-refractivity contribution in [1.82, 2.24) is 4.90 Å². The molecule has 1 aromatic rings. The molecule has 1 saturated heterocycles. The van der Waals surface area contributed by atoms with E-state index in [-0.39, 0.29) is 17.8 Å². The topological polar surface area (TPSA) is 40.5 Å². The summed E-state index contributed by atoms with van der Waals surface area (Å²) >= 11 is 0. The molecule has 1 heterocycles. The van der Waals surface area contributed by atoms with Gasteiger partial charge in [-0.25, -0.2) is 4.39 Å². The molecule has 18 heavy (non-hydrogen) atoms. The second-order valence-corrected chi connectivity index (χ2v) is 4.58. The van der Waals surface area contributed by atoms with E-state index >= 15 is 0 Å². The minimum Gasteiger partial charge on any atom is -0.396 e. The maximum Gasteiger partial charge on any atom is 0.228 e. The molecule has 0 bridgehead atoms. The number of likely N-dealkylation sites (tertiary alicyclic amines) is 1. The highest BCUT2D eigenvalue weighted by Crippen LogP contribution is 2.27. The van der Waals surface area contributed by atoms with Gasteiger partial charge < -0.3 is 10.0 Å². The van der Waals surface area contributed by atoms with Crippen molar-refractivity contribution >= 4 is 5.91 Å². The Balaban J connectivity index is 2.19. The fraction of sp³-hybridized carbons (Fsp3) is 0.500. The van der Waals surface area contributed by atoms with E-state index in [2.05, 4.69) is 0 Å². The van der Waals surface area contributed by atoms with E-state index in [1.54, 1.807) is 17.0 Å². The van der Waals surface area contributed by atoms with Gasteiger partial charge in [0, 0.05) is 6.54 Å². The van der Waals surface area contributed by atoms with Crippen molar-refractivity contribution < 1.29 is 17.0 Å². The molecule has 2 atom stereocenters. The minimum atomic E-state index is -2.50. The molecular weight excluding hydrogens is 233 g/mol. The first-order chi connectivity index (χ1) is 9.30. The Morgan fingerprint density at radius 3 is 2.83 bits per heavy atom. The van der Waals surface area contributed by atoms with Crippen molar-refractivity contribution in [1.29, 1.82) is 0 Å². The highest BCUT2D eigenvalue weighted by molar-refractivity contribution is 5.80. The first-order valence-corrected chi connectivity index (χ1v) is 6.09. The number of nitrogens with zero attached hydrogens (tertiary/aromatic N) is 1. The van der Waals surface area contributed by atoms with Gasteiger partial charge in [0.05, 0.1) is 21.3 Å². The molecule has 0 aliphatic carbocycles. The molecule has 4 heteroatoms. The molecule has 0 radical (unpaired) electrons. The fourth-order valence-electron chi connectivity index (χ4n) is 2.33. The van der Waals surface area contributed by atoms with Gasteiger partial charge in [0.15, 0.2) is 0 Å². The van der Waals surface area contributed by atoms with E-state index in [1.165, 1.54) is 12.1 Å². The third-order valence-electron chi connectivity index (χ3n) is 3.45. The SMILES string of the molecule is [2H]C([2H])(O)C1CCCN(C(C)c2ccc(F)cc2)C1=O. The number of carbonyl (C=O) groups is 1. The average Bonchev–Trinajstić information content (AvgIpc) is 2.37. The number of hydrogen-bond acceptors (Lipinski definition) is 2. The lowest BCUT2D eigenvalue weighted by atomic mass is 9.95. The molecule has 1 aromatic carbocycles. The summed E-state index contributed by atoms with van der Waals surface area (Å²) in [5, 5.41) is 9.46. The molecule has 98 valence electrons. The number of piperidine rings is 1. The minimum absolute atomic E-state index is 0.270. The maximum atomic E-state index is 12.9. The Bertz CT molecular complexity index is 487. The first kappa shape index (κ1) is 10.5. The average molecular weight is 253 g/mol. The van der Waals surface area contributed by atoms with Gasteiger partial charge in [0.1, 0.15) is 5.82 Å². The Morgan fingerprint density at radius 2 is 2.22 bits per heavy atom. The standard InChI is InChI=1S/C14H18FNO2/c1-10(11-4-6-13(15)7-5-11)16-8-2-3-12(9-17)14(16)18/h4-7,10,12,17H,2-3,8-9H2,1H3/i9D2. The van der Waals surface area contributed by atoms with Crippen LogP contribution >= 0.6 is 0 Å². The third-order valence-corrected chi connectivity index (χ3v) is 3.45. The summed E-state index contributed by atoms with van der Waals surface area (Å²) < 4.78 is 27.6. The number of amides is 1. The zero-order chi connectivity index (χ0) is 14.9. The quantitative estimate of drug-likeness (QED) is 0.896. The molecule has 3 nitrogen and oxygen atoms in total. The third kappa shape index (κ3) is 2.53. The van der Waals surface area contributed by atoms with E-state index in [1.807, 2.05) is 6.92 Å². The van der Waals surface area contributed by atoms with Crippen LogP contribution in [0.5, 0.6) is 0 Å². The van der Waals surface area contributed by atoms with Crippen molar-refractivity contribution in [3.63, 3.8) is 0 Å². The molecule has 2 unspecified atom stereocenters. The number of benzene rings is 1. The van der Waals surface area contributed by atoms with Crippen molar-refractivity contribution in [2.75, 3.05) is 13.1 Å². The monoisotopic (exact) mass is 253 g/mol. The Kier molecular flexibility index (Phi) is 3.20. The van der Waals surface area contributed by atoms with E-state index in [9.17, 15) is 14.3 Å². The summed E-state index contributed by atoms with van der Waals surface area (Å²) in [4.78, 5) is 13.9. The van der Waals surface area contributed by atoms with Gasteiger partial charge in [-0.3, -0.25) is 4.79 Å². The van der Waals surface area contributed by atoms with Crippen LogP contribution in [-0.4, -0.2) is 29.0 Å². The van der Waals surface area contributed by atoms with Gasteiger partial charge in [-0.05, 0) is 37.5 Å². The highest BCUT2D eigenvalue weighted by atomic mass is 19.1. The molecule has 0 saturated carbocycles. The van der Waals surface area contributed by atoms with Crippen molar-refractivity contribution in [3.8, 4) is 0 Å². The van der Waals surface area contributed by atoms with Crippen LogP contribution < -0.4 is 0 Å². The first-order valence-electron chi connectivity index (χ1n) is 7.09. The number of rotatable bonds is 3. The lowest BCUT2D eigenvalue weighted by molar-refractivity contribution is -0.142. The Labute approximate surface area is 109 Å². The molecule has 1 aliphatic rings. The summed E-state index contributed by atoms with van der Waals surface area (Å²) in [6, 6.07) is 5.63. The van der Waals surface area contributed by atoms with Gasteiger partial charge in [0.25, 0.3) is 0 Å². The summed E-state index contributed by atoms with van der Waals surface area (Å²) in [7, 11) is 0. The van der Waals surface area contributed by atoms with Gasteiger partial charge >= 0.3 is 0 Å². The molecule has 1 amide bonds. The zero-order valence-corrected chi connectivity index (χ0v) is 10.3. The number of halogens is 1. The zero-order valence-electron chi connectivity index (χ0n) is 12.3. The predicted octanol–water partition coefficient (Wildman–Crippen LogP) is 2.12. The van der Waals surface area contributed by atoms with Crippen molar-refractivity contribution in [2.24, 2.45) is 5.92 Å². The summed E-state index contributed by atoms with van der Waals surface area (Å²) in [5.41, 5.74) is 0.791. The van der Waals surface area contributed by atoms with Gasteiger partial charge in [-0.15, -0.1) is 0 Å². The number of hydrogen-bond donors (Lipinski definition) is 1. The van der Waals surface area contributed by atoms with Gasteiger partial charge in [0.2, 0.25) is 5.91 Å². The molecule has 0 spiro atoms. The maximum absolute atomic E-state index is 12.9. The van der Waals surface area contributed by atoms with Crippen molar-refractivity contribution in [3.05, 3.63) is 35.6 Å². The van der Waals surface area contributed by atoms with E-state index in [0.29, 0.717) is 19.4 Å². The van der Waals surface area contributed by atoms with Crippen LogP contribution in [0.1, 0.15) is 34.1 Å². The summed E-state index contributed by atoms with van der Waals surface area (Å²) in [5.74, 6) is -1.75. The molecule has 0 aromatic heterocycles. The normalized spacial score (nSPS) is 24.5. The molecule has 2 rings (SSSR count).